The number of carbonyl (C=O) groups is 1. The number of rotatable bonds is 6. The highest BCUT2D eigenvalue weighted by molar-refractivity contribution is 6.30. The van der Waals surface area contributed by atoms with Gasteiger partial charge in [0.25, 0.3) is 0 Å². The Kier molecular flexibility index (Phi) is 5.24. The highest BCUT2D eigenvalue weighted by atomic mass is 35.5. The third-order valence-corrected chi connectivity index (χ3v) is 5.19. The molecule has 2 fully saturated rings. The predicted molar refractivity (Wildman–Crippen MR) is 91.8 cm³/mol. The third-order valence-electron chi connectivity index (χ3n) is 4.95. The first-order chi connectivity index (χ1) is 11.1. The standard InChI is InChI=1S/C18H25ClN2O2/c1-13(17(22)21-16-5-6-16)20-12-18(7-9-23-10-8-18)14-3-2-4-15(19)11-14/h2-4,11,13,16,20H,5-10,12H2,1H3,(H,21,22)/t13-/m1/s1. The molecule has 1 aromatic rings. The molecule has 0 spiro atoms. The van der Waals surface area contributed by atoms with Crippen molar-refractivity contribution in [1.82, 2.24) is 10.6 Å². The summed E-state index contributed by atoms with van der Waals surface area (Å²) in [5.74, 6) is 0.0980. The second kappa shape index (κ2) is 7.20. The fourth-order valence-corrected chi connectivity index (χ4v) is 3.33. The number of nitrogens with one attached hydrogen (secondary N) is 2. The molecule has 4 nitrogen and oxygen atoms in total. The molecular formula is C18H25ClN2O2. The average Bonchev–Trinajstić information content (AvgIpc) is 3.37. The van der Waals surface area contributed by atoms with Crippen LogP contribution in [0.3, 0.4) is 0 Å². The smallest absolute Gasteiger partial charge is 0.237 e. The number of amides is 1. The minimum Gasteiger partial charge on any atom is -0.381 e. The summed E-state index contributed by atoms with van der Waals surface area (Å²) in [5, 5.41) is 7.25. The van der Waals surface area contributed by atoms with Crippen LogP contribution in [0.15, 0.2) is 24.3 Å². The fourth-order valence-electron chi connectivity index (χ4n) is 3.14. The van der Waals surface area contributed by atoms with Crippen LogP contribution in [0.4, 0.5) is 0 Å². The van der Waals surface area contributed by atoms with E-state index in [1.165, 1.54) is 5.56 Å². The summed E-state index contributed by atoms with van der Waals surface area (Å²) in [5.41, 5.74) is 1.22. The van der Waals surface area contributed by atoms with Crippen molar-refractivity contribution >= 4 is 17.5 Å². The van der Waals surface area contributed by atoms with Gasteiger partial charge >= 0.3 is 0 Å². The monoisotopic (exact) mass is 336 g/mol. The molecule has 1 aliphatic heterocycles. The number of hydrogen-bond donors (Lipinski definition) is 2. The maximum atomic E-state index is 12.1. The van der Waals surface area contributed by atoms with Crippen LogP contribution < -0.4 is 10.6 Å². The lowest BCUT2D eigenvalue weighted by Gasteiger charge is -2.39. The van der Waals surface area contributed by atoms with Crippen molar-refractivity contribution in [3.63, 3.8) is 0 Å². The van der Waals surface area contributed by atoms with Gasteiger partial charge in [-0.05, 0) is 50.3 Å². The molecular weight excluding hydrogens is 312 g/mol. The van der Waals surface area contributed by atoms with Crippen LogP contribution in [-0.4, -0.2) is 37.7 Å². The molecule has 0 aromatic heterocycles. The molecule has 1 atom stereocenters. The van der Waals surface area contributed by atoms with Crippen LogP contribution >= 0.6 is 11.6 Å². The van der Waals surface area contributed by atoms with E-state index < -0.39 is 0 Å². The fraction of sp³-hybridized carbons (Fsp3) is 0.611. The van der Waals surface area contributed by atoms with E-state index in [9.17, 15) is 4.79 Å². The summed E-state index contributed by atoms with van der Waals surface area (Å²) in [6, 6.07) is 8.29. The summed E-state index contributed by atoms with van der Waals surface area (Å²) in [7, 11) is 0. The summed E-state index contributed by atoms with van der Waals surface area (Å²) < 4.78 is 5.55. The quantitative estimate of drug-likeness (QED) is 0.839. The molecule has 1 aliphatic carbocycles. The summed E-state index contributed by atoms with van der Waals surface area (Å²) >= 11 is 6.19. The number of halogens is 1. The van der Waals surface area contributed by atoms with E-state index in [-0.39, 0.29) is 17.4 Å². The normalized spacial score (nSPS) is 21.7. The Morgan fingerprint density at radius 1 is 1.39 bits per heavy atom. The Morgan fingerprint density at radius 3 is 2.78 bits per heavy atom. The second-order valence-corrected chi connectivity index (χ2v) is 7.22. The highest BCUT2D eigenvalue weighted by Gasteiger charge is 2.35. The topological polar surface area (TPSA) is 50.4 Å². The summed E-state index contributed by atoms with van der Waals surface area (Å²) in [6.07, 6.45) is 4.11. The molecule has 1 heterocycles. The SMILES string of the molecule is C[C@@H](NCC1(c2cccc(Cl)c2)CCOCC1)C(=O)NC1CC1. The molecule has 3 rings (SSSR count). The van der Waals surface area contributed by atoms with Crippen molar-refractivity contribution < 1.29 is 9.53 Å². The predicted octanol–water partition coefficient (Wildman–Crippen LogP) is 2.64. The van der Waals surface area contributed by atoms with Gasteiger partial charge < -0.3 is 15.4 Å². The lowest BCUT2D eigenvalue weighted by atomic mass is 9.74. The third kappa shape index (κ3) is 4.25. The van der Waals surface area contributed by atoms with Crippen molar-refractivity contribution in [2.45, 2.75) is 50.1 Å². The van der Waals surface area contributed by atoms with Crippen LogP contribution in [0.5, 0.6) is 0 Å². The maximum absolute atomic E-state index is 12.1. The van der Waals surface area contributed by atoms with Crippen molar-refractivity contribution in [2.75, 3.05) is 19.8 Å². The van der Waals surface area contributed by atoms with Gasteiger partial charge in [0.05, 0.1) is 6.04 Å². The van der Waals surface area contributed by atoms with Crippen molar-refractivity contribution in [2.24, 2.45) is 0 Å². The van der Waals surface area contributed by atoms with Gasteiger partial charge in [-0.3, -0.25) is 4.79 Å². The van der Waals surface area contributed by atoms with E-state index in [0.29, 0.717) is 6.04 Å². The Morgan fingerprint density at radius 2 is 2.13 bits per heavy atom. The molecule has 1 saturated carbocycles. The van der Waals surface area contributed by atoms with Gasteiger partial charge in [0.1, 0.15) is 0 Å². The highest BCUT2D eigenvalue weighted by Crippen LogP contribution is 2.35. The number of hydrogen-bond acceptors (Lipinski definition) is 3. The molecule has 126 valence electrons. The van der Waals surface area contributed by atoms with E-state index >= 15 is 0 Å². The average molecular weight is 337 g/mol. The van der Waals surface area contributed by atoms with E-state index in [0.717, 1.165) is 50.5 Å². The first kappa shape index (κ1) is 16.7. The zero-order valence-electron chi connectivity index (χ0n) is 13.6. The summed E-state index contributed by atoms with van der Waals surface area (Å²) in [6.45, 7) is 4.19. The zero-order chi connectivity index (χ0) is 16.3. The van der Waals surface area contributed by atoms with Crippen LogP contribution in [0.2, 0.25) is 5.02 Å². The molecule has 5 heteroatoms. The number of ether oxygens (including phenoxy) is 1. The van der Waals surface area contributed by atoms with Gasteiger partial charge in [0.15, 0.2) is 0 Å². The van der Waals surface area contributed by atoms with Crippen LogP contribution in [0, 0.1) is 0 Å². The van der Waals surface area contributed by atoms with Crippen LogP contribution in [-0.2, 0) is 14.9 Å². The van der Waals surface area contributed by atoms with E-state index in [1.54, 1.807) is 0 Å². The molecule has 1 saturated heterocycles. The Bertz CT molecular complexity index is 554. The maximum Gasteiger partial charge on any atom is 0.237 e. The first-order valence-electron chi connectivity index (χ1n) is 8.47. The second-order valence-electron chi connectivity index (χ2n) is 6.79. The Labute approximate surface area is 142 Å². The summed E-state index contributed by atoms with van der Waals surface area (Å²) in [4.78, 5) is 12.1. The van der Waals surface area contributed by atoms with Crippen molar-refractivity contribution in [1.29, 1.82) is 0 Å². The molecule has 2 N–H and O–H groups in total. The van der Waals surface area contributed by atoms with E-state index in [2.05, 4.69) is 16.7 Å². The molecule has 0 radical (unpaired) electrons. The van der Waals surface area contributed by atoms with Crippen molar-refractivity contribution in [3.8, 4) is 0 Å². The van der Waals surface area contributed by atoms with Gasteiger partial charge in [-0.25, -0.2) is 0 Å². The van der Waals surface area contributed by atoms with Gasteiger partial charge in [0.2, 0.25) is 5.91 Å². The van der Waals surface area contributed by atoms with Crippen LogP contribution in [0.1, 0.15) is 38.2 Å². The lowest BCUT2D eigenvalue weighted by molar-refractivity contribution is -0.123. The first-order valence-corrected chi connectivity index (χ1v) is 8.84. The minimum atomic E-state index is -0.186. The van der Waals surface area contributed by atoms with Gasteiger partial charge in [0, 0.05) is 36.2 Å². The van der Waals surface area contributed by atoms with E-state index in [4.69, 9.17) is 16.3 Å². The Balaban J connectivity index is 1.67. The van der Waals surface area contributed by atoms with Crippen molar-refractivity contribution in [3.05, 3.63) is 34.9 Å². The lowest BCUT2D eigenvalue weighted by Crippen LogP contribution is -2.50. The van der Waals surface area contributed by atoms with E-state index in [1.807, 2.05) is 25.1 Å². The molecule has 1 aromatic carbocycles. The number of benzene rings is 1. The number of carbonyl (C=O) groups excluding carboxylic acids is 1. The molecule has 0 bridgehead atoms. The largest absolute Gasteiger partial charge is 0.381 e. The van der Waals surface area contributed by atoms with Gasteiger partial charge in [-0.2, -0.15) is 0 Å². The molecule has 23 heavy (non-hydrogen) atoms. The van der Waals surface area contributed by atoms with Gasteiger partial charge in [-0.1, -0.05) is 23.7 Å². The molecule has 2 aliphatic rings. The molecule has 1 amide bonds. The van der Waals surface area contributed by atoms with Gasteiger partial charge in [-0.15, -0.1) is 0 Å². The van der Waals surface area contributed by atoms with Crippen LogP contribution in [0.25, 0.3) is 0 Å². The Hall–Kier alpha value is -1.10. The minimum absolute atomic E-state index is 0.0166. The molecule has 0 unspecified atom stereocenters. The zero-order valence-corrected chi connectivity index (χ0v) is 14.4.